The first-order chi connectivity index (χ1) is 9.67. The van der Waals surface area contributed by atoms with Gasteiger partial charge in [-0.1, -0.05) is 6.07 Å². The van der Waals surface area contributed by atoms with E-state index in [0.717, 1.165) is 44.8 Å². The molecule has 5 heteroatoms. The molecule has 0 aromatic heterocycles. The molecule has 2 fully saturated rings. The Bertz CT molecular complexity index is 488. The maximum atomic E-state index is 10.5. The molecule has 2 heterocycles. The van der Waals surface area contributed by atoms with Gasteiger partial charge in [-0.25, -0.2) is 4.79 Å². The fourth-order valence-corrected chi connectivity index (χ4v) is 2.98. The predicted molar refractivity (Wildman–Crippen MR) is 74.3 cm³/mol. The molecule has 108 valence electrons. The number of aliphatic carboxylic acids is 1. The number of hydrogen-bond acceptors (Lipinski definition) is 4. The van der Waals surface area contributed by atoms with Crippen molar-refractivity contribution < 1.29 is 19.4 Å². The summed E-state index contributed by atoms with van der Waals surface area (Å²) in [4.78, 5) is 12.8. The van der Waals surface area contributed by atoms with E-state index < -0.39 is 5.97 Å². The van der Waals surface area contributed by atoms with E-state index in [9.17, 15) is 4.79 Å². The van der Waals surface area contributed by atoms with Crippen molar-refractivity contribution in [2.24, 2.45) is 5.41 Å². The van der Waals surface area contributed by atoms with Crippen LogP contribution in [0.3, 0.4) is 0 Å². The maximum Gasteiger partial charge on any atom is 0.341 e. The van der Waals surface area contributed by atoms with Crippen molar-refractivity contribution in [1.82, 2.24) is 0 Å². The standard InChI is InChI=1S/C15H19NO4/c17-14(18)9-20-13-3-1-2-12(8-13)16-10-15(11-16)4-6-19-7-5-15/h1-3,8H,4-7,9-11H2,(H,17,18). The second kappa shape index (κ2) is 5.32. The largest absolute Gasteiger partial charge is 0.482 e. The number of benzene rings is 1. The van der Waals surface area contributed by atoms with Gasteiger partial charge < -0.3 is 19.5 Å². The number of hydrogen-bond donors (Lipinski definition) is 1. The molecule has 0 radical (unpaired) electrons. The van der Waals surface area contributed by atoms with Crippen LogP contribution in [0.25, 0.3) is 0 Å². The van der Waals surface area contributed by atoms with Gasteiger partial charge in [-0.05, 0) is 25.0 Å². The summed E-state index contributed by atoms with van der Waals surface area (Å²) in [7, 11) is 0. The van der Waals surface area contributed by atoms with E-state index in [4.69, 9.17) is 14.6 Å². The van der Waals surface area contributed by atoms with Gasteiger partial charge in [-0.2, -0.15) is 0 Å². The highest BCUT2D eigenvalue weighted by molar-refractivity contribution is 5.68. The highest BCUT2D eigenvalue weighted by atomic mass is 16.5. The molecule has 3 rings (SSSR count). The molecular formula is C15H19NO4. The Hall–Kier alpha value is -1.75. The molecule has 0 bridgehead atoms. The maximum absolute atomic E-state index is 10.5. The van der Waals surface area contributed by atoms with Gasteiger partial charge in [0.05, 0.1) is 0 Å². The number of anilines is 1. The van der Waals surface area contributed by atoms with Gasteiger partial charge in [0.15, 0.2) is 6.61 Å². The molecule has 2 aliphatic rings. The van der Waals surface area contributed by atoms with Crippen molar-refractivity contribution in [2.45, 2.75) is 12.8 Å². The molecule has 0 aliphatic carbocycles. The van der Waals surface area contributed by atoms with Crippen LogP contribution in [0.5, 0.6) is 5.75 Å². The van der Waals surface area contributed by atoms with E-state index in [-0.39, 0.29) is 6.61 Å². The highest BCUT2D eigenvalue weighted by Gasteiger charge is 2.43. The minimum absolute atomic E-state index is 0.301. The van der Waals surface area contributed by atoms with Crippen LogP contribution in [0.1, 0.15) is 12.8 Å². The van der Waals surface area contributed by atoms with Gasteiger partial charge in [-0.3, -0.25) is 0 Å². The molecule has 1 spiro atoms. The van der Waals surface area contributed by atoms with Crippen LogP contribution < -0.4 is 9.64 Å². The van der Waals surface area contributed by atoms with Crippen molar-refractivity contribution >= 4 is 11.7 Å². The SMILES string of the molecule is O=C(O)COc1cccc(N2CC3(CCOCC3)C2)c1. The van der Waals surface area contributed by atoms with Crippen LogP contribution in [0, 0.1) is 5.41 Å². The minimum atomic E-state index is -0.958. The third kappa shape index (κ3) is 2.72. The average molecular weight is 277 g/mol. The normalized spacial score (nSPS) is 20.5. The van der Waals surface area contributed by atoms with Gasteiger partial charge in [-0.15, -0.1) is 0 Å². The van der Waals surface area contributed by atoms with Gasteiger partial charge >= 0.3 is 5.97 Å². The Morgan fingerprint density at radius 2 is 2.10 bits per heavy atom. The number of ether oxygens (including phenoxy) is 2. The predicted octanol–water partition coefficient (Wildman–Crippen LogP) is 1.77. The Balaban J connectivity index is 1.61. The van der Waals surface area contributed by atoms with Crippen LogP contribution in [0.15, 0.2) is 24.3 Å². The Morgan fingerprint density at radius 1 is 1.35 bits per heavy atom. The van der Waals surface area contributed by atoms with Gasteiger partial charge in [0.1, 0.15) is 5.75 Å². The molecule has 0 atom stereocenters. The van der Waals surface area contributed by atoms with Crippen molar-refractivity contribution in [3.63, 3.8) is 0 Å². The van der Waals surface area contributed by atoms with Crippen molar-refractivity contribution in [1.29, 1.82) is 0 Å². The molecule has 20 heavy (non-hydrogen) atoms. The number of carboxylic acids is 1. The van der Waals surface area contributed by atoms with Gasteiger partial charge in [0, 0.05) is 43.5 Å². The molecule has 5 nitrogen and oxygen atoms in total. The molecule has 1 aromatic rings. The molecule has 0 unspecified atom stereocenters. The van der Waals surface area contributed by atoms with E-state index in [1.807, 2.05) is 18.2 Å². The molecule has 2 saturated heterocycles. The van der Waals surface area contributed by atoms with E-state index in [2.05, 4.69) is 4.90 Å². The summed E-state index contributed by atoms with van der Waals surface area (Å²) in [6.07, 6.45) is 2.28. The lowest BCUT2D eigenvalue weighted by molar-refractivity contribution is -0.139. The number of carboxylic acid groups (broad SMARTS) is 1. The third-order valence-electron chi connectivity index (χ3n) is 4.15. The quantitative estimate of drug-likeness (QED) is 0.909. The second-order valence-corrected chi connectivity index (χ2v) is 5.65. The van der Waals surface area contributed by atoms with Crippen LogP contribution >= 0.6 is 0 Å². The molecule has 1 N–H and O–H groups in total. The van der Waals surface area contributed by atoms with Crippen molar-refractivity contribution in [3.05, 3.63) is 24.3 Å². The number of rotatable bonds is 4. The lowest BCUT2D eigenvalue weighted by atomic mass is 9.73. The monoisotopic (exact) mass is 277 g/mol. The molecule has 0 amide bonds. The van der Waals surface area contributed by atoms with E-state index in [1.165, 1.54) is 0 Å². The highest BCUT2D eigenvalue weighted by Crippen LogP contribution is 2.42. The van der Waals surface area contributed by atoms with E-state index in [1.54, 1.807) is 6.07 Å². The Labute approximate surface area is 118 Å². The minimum Gasteiger partial charge on any atom is -0.482 e. The summed E-state index contributed by atoms with van der Waals surface area (Å²) in [5, 5.41) is 8.63. The molecule has 2 aliphatic heterocycles. The Kier molecular flexibility index (Phi) is 3.53. The van der Waals surface area contributed by atoms with E-state index >= 15 is 0 Å². The zero-order valence-corrected chi connectivity index (χ0v) is 11.4. The first-order valence-corrected chi connectivity index (χ1v) is 6.94. The zero-order valence-electron chi connectivity index (χ0n) is 11.4. The lowest BCUT2D eigenvalue weighted by Gasteiger charge is -2.53. The first-order valence-electron chi connectivity index (χ1n) is 6.94. The second-order valence-electron chi connectivity index (χ2n) is 5.65. The smallest absolute Gasteiger partial charge is 0.341 e. The van der Waals surface area contributed by atoms with E-state index in [0.29, 0.717) is 11.2 Å². The summed E-state index contributed by atoms with van der Waals surface area (Å²) < 4.78 is 10.6. The third-order valence-corrected chi connectivity index (χ3v) is 4.15. The fraction of sp³-hybridized carbons (Fsp3) is 0.533. The van der Waals surface area contributed by atoms with Crippen molar-refractivity contribution in [3.8, 4) is 5.75 Å². The lowest BCUT2D eigenvalue weighted by Crippen LogP contribution is -2.58. The summed E-state index contributed by atoms with van der Waals surface area (Å²) in [5.41, 5.74) is 1.53. The van der Waals surface area contributed by atoms with Gasteiger partial charge in [0.2, 0.25) is 0 Å². The van der Waals surface area contributed by atoms with Crippen LogP contribution in [0.4, 0.5) is 5.69 Å². The van der Waals surface area contributed by atoms with Gasteiger partial charge in [0.25, 0.3) is 0 Å². The van der Waals surface area contributed by atoms with Crippen LogP contribution in [0.2, 0.25) is 0 Å². The molecule has 0 saturated carbocycles. The zero-order chi connectivity index (χ0) is 14.0. The van der Waals surface area contributed by atoms with Crippen LogP contribution in [-0.2, 0) is 9.53 Å². The first kappa shape index (κ1) is 13.2. The molecular weight excluding hydrogens is 258 g/mol. The molecule has 1 aromatic carbocycles. The summed E-state index contributed by atoms with van der Waals surface area (Å²) in [5.74, 6) is -0.349. The van der Waals surface area contributed by atoms with Crippen LogP contribution in [-0.4, -0.2) is 44.0 Å². The topological polar surface area (TPSA) is 59.0 Å². The summed E-state index contributed by atoms with van der Waals surface area (Å²) in [6.45, 7) is 3.55. The average Bonchev–Trinajstić information content (AvgIpc) is 2.44. The summed E-state index contributed by atoms with van der Waals surface area (Å²) in [6, 6.07) is 7.65. The Morgan fingerprint density at radius 3 is 2.80 bits per heavy atom. The fourth-order valence-electron chi connectivity index (χ4n) is 2.98. The number of nitrogens with zero attached hydrogens (tertiary/aromatic N) is 1. The number of carbonyl (C=O) groups is 1. The van der Waals surface area contributed by atoms with Crippen molar-refractivity contribution in [2.75, 3.05) is 37.8 Å². The summed E-state index contributed by atoms with van der Waals surface area (Å²) >= 11 is 0.